The molecule has 0 spiro atoms. The Hall–Kier alpha value is -1.82. The van der Waals surface area contributed by atoms with Crippen molar-refractivity contribution in [3.63, 3.8) is 0 Å². The Bertz CT molecular complexity index is 424. The van der Waals surface area contributed by atoms with Gasteiger partial charge in [0.2, 0.25) is 0 Å². The van der Waals surface area contributed by atoms with Gasteiger partial charge in [-0.3, -0.25) is 4.79 Å². The van der Waals surface area contributed by atoms with Crippen LogP contribution >= 0.6 is 0 Å². The molecule has 1 aliphatic carbocycles. The highest BCUT2D eigenvalue weighted by Gasteiger charge is 2.18. The van der Waals surface area contributed by atoms with Crippen molar-refractivity contribution in [1.29, 1.82) is 5.26 Å². The highest BCUT2D eigenvalue weighted by atomic mass is 16.1. The van der Waals surface area contributed by atoms with Crippen molar-refractivity contribution in [2.75, 3.05) is 5.32 Å². The summed E-state index contributed by atoms with van der Waals surface area (Å²) in [7, 11) is 0. The number of hydrogen-bond donors (Lipinski definition) is 1. The smallest absolute Gasteiger partial charge is 0.133 e. The van der Waals surface area contributed by atoms with Gasteiger partial charge in [0, 0.05) is 18.9 Å². The van der Waals surface area contributed by atoms with Gasteiger partial charge in [-0.25, -0.2) is 0 Å². The maximum atomic E-state index is 11.1. The molecule has 1 aliphatic rings. The van der Waals surface area contributed by atoms with Crippen molar-refractivity contribution < 1.29 is 4.79 Å². The molecule has 3 heteroatoms. The summed E-state index contributed by atoms with van der Waals surface area (Å²) in [4.78, 5) is 11.1. The van der Waals surface area contributed by atoms with Crippen LogP contribution in [0.25, 0.3) is 0 Å². The molecule has 0 heterocycles. The van der Waals surface area contributed by atoms with Crippen molar-refractivity contribution in [3.05, 3.63) is 29.8 Å². The molecule has 82 valence electrons. The molecule has 1 aromatic carbocycles. The van der Waals surface area contributed by atoms with E-state index in [0.717, 1.165) is 18.5 Å². The number of benzene rings is 1. The van der Waals surface area contributed by atoms with Crippen molar-refractivity contribution in [1.82, 2.24) is 0 Å². The first-order valence-electron chi connectivity index (χ1n) is 5.57. The molecule has 1 saturated carbocycles. The van der Waals surface area contributed by atoms with Crippen molar-refractivity contribution in [2.45, 2.75) is 31.7 Å². The molecule has 0 amide bonds. The standard InChI is InChI=1S/C13H14N2O/c14-9-10-3-1-2-4-13(10)15-11-5-7-12(16)8-6-11/h1-4,11,15H,5-8H2. The number of nitriles is 1. The quantitative estimate of drug-likeness (QED) is 0.822. The first kappa shape index (κ1) is 10.7. The van der Waals surface area contributed by atoms with Gasteiger partial charge in [-0.1, -0.05) is 12.1 Å². The number of carbonyl (C=O) groups is 1. The summed E-state index contributed by atoms with van der Waals surface area (Å²) in [5.74, 6) is 0.353. The monoisotopic (exact) mass is 214 g/mol. The first-order valence-corrected chi connectivity index (χ1v) is 5.57. The molecule has 0 saturated heterocycles. The summed E-state index contributed by atoms with van der Waals surface area (Å²) in [6, 6.07) is 9.97. The molecular formula is C13H14N2O. The normalized spacial score (nSPS) is 16.8. The Kier molecular flexibility index (Phi) is 3.21. The molecule has 3 nitrogen and oxygen atoms in total. The SMILES string of the molecule is N#Cc1ccccc1NC1CCC(=O)CC1. The fraction of sp³-hybridized carbons (Fsp3) is 0.385. The third-order valence-corrected chi connectivity index (χ3v) is 2.95. The Morgan fingerprint density at radius 1 is 1.25 bits per heavy atom. The summed E-state index contributed by atoms with van der Waals surface area (Å²) in [5.41, 5.74) is 1.55. The lowest BCUT2D eigenvalue weighted by atomic mass is 9.94. The van der Waals surface area contributed by atoms with E-state index in [-0.39, 0.29) is 0 Å². The maximum Gasteiger partial charge on any atom is 0.133 e. The maximum absolute atomic E-state index is 11.1. The minimum absolute atomic E-state index is 0.326. The van der Waals surface area contributed by atoms with Gasteiger partial charge < -0.3 is 5.32 Å². The second kappa shape index (κ2) is 4.80. The van der Waals surface area contributed by atoms with Gasteiger partial charge in [-0.15, -0.1) is 0 Å². The van der Waals surface area contributed by atoms with E-state index in [1.165, 1.54) is 0 Å². The van der Waals surface area contributed by atoms with E-state index in [2.05, 4.69) is 11.4 Å². The fourth-order valence-corrected chi connectivity index (χ4v) is 2.01. The van der Waals surface area contributed by atoms with Crippen LogP contribution in [0, 0.1) is 11.3 Å². The lowest BCUT2D eigenvalue weighted by Crippen LogP contribution is -2.26. The van der Waals surface area contributed by atoms with Gasteiger partial charge in [0.25, 0.3) is 0 Å². The van der Waals surface area contributed by atoms with Crippen LogP contribution in [0.2, 0.25) is 0 Å². The summed E-state index contributed by atoms with van der Waals surface area (Å²) >= 11 is 0. The second-order valence-electron chi connectivity index (χ2n) is 4.11. The van der Waals surface area contributed by atoms with Crippen molar-refractivity contribution in [2.24, 2.45) is 0 Å². The van der Waals surface area contributed by atoms with E-state index in [1.807, 2.05) is 18.2 Å². The van der Waals surface area contributed by atoms with Crippen molar-refractivity contribution >= 4 is 11.5 Å². The van der Waals surface area contributed by atoms with E-state index in [0.29, 0.717) is 30.2 Å². The molecule has 0 atom stereocenters. The minimum Gasteiger partial charge on any atom is -0.381 e. The molecule has 16 heavy (non-hydrogen) atoms. The Morgan fingerprint density at radius 3 is 2.62 bits per heavy atom. The zero-order valence-corrected chi connectivity index (χ0v) is 9.07. The predicted molar refractivity (Wildman–Crippen MR) is 62.0 cm³/mol. The van der Waals surface area contributed by atoms with E-state index in [9.17, 15) is 4.79 Å². The Balaban J connectivity index is 2.04. The molecule has 0 radical (unpaired) electrons. The summed E-state index contributed by atoms with van der Waals surface area (Å²) < 4.78 is 0. The van der Waals surface area contributed by atoms with E-state index in [1.54, 1.807) is 6.07 Å². The average molecular weight is 214 g/mol. The number of Topliss-reactive ketones (excluding diaryl/α,β-unsaturated/α-hetero) is 1. The molecule has 0 aromatic heterocycles. The molecule has 0 aliphatic heterocycles. The van der Waals surface area contributed by atoms with Gasteiger partial charge in [-0.2, -0.15) is 5.26 Å². The largest absolute Gasteiger partial charge is 0.381 e. The van der Waals surface area contributed by atoms with Gasteiger partial charge in [0.05, 0.1) is 11.3 Å². The number of nitrogens with one attached hydrogen (secondary N) is 1. The van der Waals surface area contributed by atoms with E-state index < -0.39 is 0 Å². The van der Waals surface area contributed by atoms with Gasteiger partial charge in [0.15, 0.2) is 0 Å². The minimum atomic E-state index is 0.326. The molecule has 0 unspecified atom stereocenters. The number of nitrogens with zero attached hydrogens (tertiary/aromatic N) is 1. The number of rotatable bonds is 2. The Labute approximate surface area is 95.1 Å². The number of ketones is 1. The molecule has 0 bridgehead atoms. The van der Waals surface area contributed by atoms with Gasteiger partial charge >= 0.3 is 0 Å². The van der Waals surface area contributed by atoms with Gasteiger partial charge in [-0.05, 0) is 25.0 Å². The summed E-state index contributed by atoms with van der Waals surface area (Å²) in [5, 5.41) is 12.3. The molecule has 1 aromatic rings. The van der Waals surface area contributed by atoms with Crippen LogP contribution in [0.1, 0.15) is 31.2 Å². The zero-order valence-electron chi connectivity index (χ0n) is 9.07. The molecule has 2 rings (SSSR count). The van der Waals surface area contributed by atoms with Crippen LogP contribution in [0.4, 0.5) is 5.69 Å². The van der Waals surface area contributed by atoms with Crippen molar-refractivity contribution in [3.8, 4) is 6.07 Å². The van der Waals surface area contributed by atoms with Gasteiger partial charge in [0.1, 0.15) is 11.9 Å². The topological polar surface area (TPSA) is 52.9 Å². The predicted octanol–water partition coefficient (Wildman–Crippen LogP) is 2.48. The van der Waals surface area contributed by atoms with Crippen LogP contribution in [-0.2, 0) is 4.79 Å². The van der Waals surface area contributed by atoms with Crippen LogP contribution in [0.3, 0.4) is 0 Å². The number of anilines is 1. The Morgan fingerprint density at radius 2 is 1.94 bits per heavy atom. The van der Waals surface area contributed by atoms with Crippen LogP contribution in [0.15, 0.2) is 24.3 Å². The fourth-order valence-electron chi connectivity index (χ4n) is 2.01. The summed E-state index contributed by atoms with van der Waals surface area (Å²) in [6.07, 6.45) is 3.07. The number of carbonyl (C=O) groups excluding carboxylic acids is 1. The highest BCUT2D eigenvalue weighted by Crippen LogP contribution is 2.21. The molecule has 1 fully saturated rings. The second-order valence-corrected chi connectivity index (χ2v) is 4.11. The van der Waals surface area contributed by atoms with Crippen LogP contribution < -0.4 is 5.32 Å². The molecular weight excluding hydrogens is 200 g/mol. The lowest BCUT2D eigenvalue weighted by molar-refractivity contribution is -0.120. The zero-order chi connectivity index (χ0) is 11.4. The third kappa shape index (κ3) is 2.40. The average Bonchev–Trinajstić information content (AvgIpc) is 2.33. The number of hydrogen-bond acceptors (Lipinski definition) is 3. The highest BCUT2D eigenvalue weighted by molar-refractivity contribution is 5.79. The number of para-hydroxylation sites is 1. The van der Waals surface area contributed by atoms with Crippen LogP contribution in [0.5, 0.6) is 0 Å². The first-order chi connectivity index (χ1) is 7.79. The van der Waals surface area contributed by atoms with E-state index >= 15 is 0 Å². The van der Waals surface area contributed by atoms with Crippen LogP contribution in [-0.4, -0.2) is 11.8 Å². The lowest BCUT2D eigenvalue weighted by Gasteiger charge is -2.23. The van der Waals surface area contributed by atoms with E-state index in [4.69, 9.17) is 5.26 Å². The third-order valence-electron chi connectivity index (χ3n) is 2.95. The summed E-state index contributed by atoms with van der Waals surface area (Å²) in [6.45, 7) is 0. The molecule has 1 N–H and O–H groups in total.